The van der Waals surface area contributed by atoms with Gasteiger partial charge in [0.05, 0.1) is 41.9 Å². The Morgan fingerprint density at radius 3 is 2.44 bits per heavy atom. The van der Waals surface area contributed by atoms with Crippen LogP contribution in [0.2, 0.25) is 0 Å². The molecule has 0 spiro atoms. The molecule has 43 heavy (non-hydrogen) atoms. The Morgan fingerprint density at radius 2 is 1.74 bits per heavy atom. The average molecular weight is 610 g/mol. The number of nitrogens with zero attached hydrogens (tertiary/aromatic N) is 3. The third kappa shape index (κ3) is 6.22. The summed E-state index contributed by atoms with van der Waals surface area (Å²) in [6.45, 7) is 4.85. The minimum absolute atomic E-state index is 0.0449. The second kappa shape index (κ2) is 12.2. The summed E-state index contributed by atoms with van der Waals surface area (Å²) in [7, 11) is -1.43. The lowest BCUT2D eigenvalue weighted by Crippen LogP contribution is -2.34. The quantitative estimate of drug-likeness (QED) is 0.194. The predicted molar refractivity (Wildman–Crippen MR) is 158 cm³/mol. The van der Waals surface area contributed by atoms with Gasteiger partial charge < -0.3 is 37.1 Å². The summed E-state index contributed by atoms with van der Waals surface area (Å²) in [4.78, 5) is 14.8. The van der Waals surface area contributed by atoms with E-state index in [0.29, 0.717) is 47.7 Å². The van der Waals surface area contributed by atoms with Gasteiger partial charge in [-0.25, -0.2) is 13.2 Å². The number of rotatable bonds is 10. The lowest BCUT2D eigenvalue weighted by Gasteiger charge is -2.15. The molecule has 13 heteroatoms. The van der Waals surface area contributed by atoms with Crippen LogP contribution in [0.1, 0.15) is 19.7 Å². The molecule has 4 aromatic rings. The van der Waals surface area contributed by atoms with Crippen LogP contribution >= 0.6 is 0 Å². The van der Waals surface area contributed by atoms with E-state index < -0.39 is 21.5 Å². The number of hydrogen-bond acceptors (Lipinski definition) is 10. The fourth-order valence-electron chi connectivity index (χ4n) is 4.84. The normalized spacial score (nSPS) is 15.2. The summed E-state index contributed by atoms with van der Waals surface area (Å²) < 4.78 is 65.8. The molecule has 0 fully saturated rings. The highest BCUT2D eigenvalue weighted by atomic mass is 32.2. The lowest BCUT2D eigenvalue weighted by molar-refractivity contribution is -0.674. The Morgan fingerprint density at radius 1 is 1.00 bits per heavy atom. The first-order valence-electron chi connectivity index (χ1n) is 13.5. The summed E-state index contributed by atoms with van der Waals surface area (Å²) in [5.41, 5.74) is 1.69. The molecular weight excluding hydrogens is 578 g/mol. The lowest BCUT2D eigenvalue weighted by atomic mass is 10.2. The zero-order valence-corrected chi connectivity index (χ0v) is 24.9. The fraction of sp³-hybridized carbons (Fsp3) is 0.267. The number of allylic oxidation sites excluding steroid dienone is 2. The Kier molecular flexibility index (Phi) is 8.46. The number of hydrogen-bond donors (Lipinski definition) is 0. The Bertz CT molecular complexity index is 2020. The molecule has 1 aliphatic rings. The van der Waals surface area contributed by atoms with E-state index in [1.54, 1.807) is 44.6 Å². The number of fused-ring (bicyclic) bond motifs is 2. The van der Waals surface area contributed by atoms with Gasteiger partial charge in [-0.15, -0.1) is 0 Å². The van der Waals surface area contributed by atoms with Crippen LogP contribution in [0.25, 0.3) is 29.3 Å². The van der Waals surface area contributed by atoms with E-state index in [9.17, 15) is 17.8 Å². The molecule has 3 heterocycles. The number of aryl methyl sites for hydroxylation is 1. The first-order chi connectivity index (χ1) is 20.6. The van der Waals surface area contributed by atoms with Gasteiger partial charge in [0, 0.05) is 37.4 Å². The second-order valence-electron chi connectivity index (χ2n) is 9.42. The molecule has 0 atom stereocenters. The fourth-order valence-corrected chi connectivity index (χ4v) is 5.24. The third-order valence-corrected chi connectivity index (χ3v) is 7.58. The van der Waals surface area contributed by atoms with E-state index in [2.05, 4.69) is 0 Å². The third-order valence-electron chi connectivity index (χ3n) is 6.90. The van der Waals surface area contributed by atoms with Crippen molar-refractivity contribution in [3.8, 4) is 17.2 Å². The Balaban J connectivity index is 1.55. The second-order valence-corrected chi connectivity index (χ2v) is 10.9. The van der Waals surface area contributed by atoms with Crippen LogP contribution < -0.4 is 40.2 Å². The summed E-state index contributed by atoms with van der Waals surface area (Å²) >= 11 is 0. The largest absolute Gasteiger partial charge is 0.748 e. The topological polar surface area (TPSA) is 140 Å². The maximum Gasteiger partial charge on any atom is 0.374 e. The minimum atomic E-state index is -4.58. The molecule has 0 saturated carbocycles. The smallest absolute Gasteiger partial charge is 0.374 e. The van der Waals surface area contributed by atoms with Gasteiger partial charge in [0.2, 0.25) is 17.0 Å². The highest BCUT2D eigenvalue weighted by Gasteiger charge is 2.25. The average Bonchev–Trinajstić information content (AvgIpc) is 3.62. The molecule has 0 radical (unpaired) electrons. The molecule has 1 aliphatic heterocycles. The van der Waals surface area contributed by atoms with Crippen LogP contribution in [0.5, 0.6) is 17.2 Å². The number of anilines is 1. The number of benzene rings is 2. The number of methoxy groups -OCH3 is 2. The summed E-state index contributed by atoms with van der Waals surface area (Å²) in [5.74, 6) is 2.14. The Hall–Kier alpha value is -4.75. The van der Waals surface area contributed by atoms with Crippen LogP contribution in [0, 0.1) is 0 Å². The van der Waals surface area contributed by atoms with Crippen molar-refractivity contribution in [3.05, 3.63) is 81.6 Å². The first-order valence-corrected chi connectivity index (χ1v) is 15.1. The molecule has 5 rings (SSSR count). The van der Waals surface area contributed by atoms with Crippen molar-refractivity contribution < 1.29 is 40.6 Å². The number of oxazole rings is 2. The van der Waals surface area contributed by atoms with Crippen molar-refractivity contribution in [1.29, 1.82) is 0 Å². The monoisotopic (exact) mass is 609 g/mol. The highest BCUT2D eigenvalue weighted by Crippen LogP contribution is 2.41. The minimum Gasteiger partial charge on any atom is -0.748 e. The van der Waals surface area contributed by atoms with Gasteiger partial charge in [-0.2, -0.15) is 4.57 Å². The highest BCUT2D eigenvalue weighted by molar-refractivity contribution is 7.85. The van der Waals surface area contributed by atoms with E-state index in [1.165, 1.54) is 16.7 Å². The van der Waals surface area contributed by atoms with Crippen LogP contribution in [-0.4, -0.2) is 44.1 Å². The summed E-state index contributed by atoms with van der Waals surface area (Å²) in [5, 5.41) is 0.0449. The molecule has 226 valence electrons. The number of aromatic nitrogens is 2. The van der Waals surface area contributed by atoms with E-state index in [1.807, 2.05) is 47.6 Å². The number of ether oxygens (including phenoxy) is 3. The van der Waals surface area contributed by atoms with Gasteiger partial charge in [0.15, 0.2) is 5.75 Å². The van der Waals surface area contributed by atoms with Gasteiger partial charge in [0.1, 0.15) is 23.4 Å². The van der Waals surface area contributed by atoms with Crippen LogP contribution in [-0.2, 0) is 23.2 Å². The van der Waals surface area contributed by atoms with E-state index in [-0.39, 0.29) is 17.4 Å². The molecule has 0 bridgehead atoms. The van der Waals surface area contributed by atoms with Crippen molar-refractivity contribution in [2.75, 3.05) is 31.4 Å². The van der Waals surface area contributed by atoms with Gasteiger partial charge in [0.25, 0.3) is 5.52 Å². The van der Waals surface area contributed by atoms with E-state index in [4.69, 9.17) is 23.0 Å². The molecule has 12 nitrogen and oxygen atoms in total. The molecule has 0 saturated heterocycles. The summed E-state index contributed by atoms with van der Waals surface area (Å²) in [6.07, 6.45) is 7.89. The van der Waals surface area contributed by atoms with E-state index >= 15 is 0 Å². The SMILES string of the molecule is CCN1C(=CC=c2c(=O)oc(=CC=Cc3oc4cc(OC)ccc4[n+]3CC)n2CCS(=O)(=O)[O-])Oc2cc(OC)ccc21. The zero-order valence-electron chi connectivity index (χ0n) is 24.1. The Labute approximate surface area is 247 Å². The van der Waals surface area contributed by atoms with Gasteiger partial charge >= 0.3 is 11.5 Å². The van der Waals surface area contributed by atoms with Crippen molar-refractivity contribution in [2.24, 2.45) is 0 Å². The standard InChI is InChI=1S/C30H31N3O9S/c1-5-31-22-12-10-20(38-3)18-25(22)40-27(31)8-7-9-28-33(16-17-43(35,36)37)24(30(34)42-28)14-15-29-32(6-2)23-13-11-21(39-4)19-26(23)41-29/h7-15,18-19H,5-6,16-17H2,1-4H3. The van der Waals surface area contributed by atoms with Gasteiger partial charge in [-0.3, -0.25) is 0 Å². The molecule has 0 N–H and O–H groups in total. The van der Waals surface area contributed by atoms with Crippen LogP contribution in [0.3, 0.4) is 0 Å². The maximum absolute atomic E-state index is 12.9. The van der Waals surface area contributed by atoms with Gasteiger partial charge in [-0.05, 0) is 50.3 Å². The zero-order chi connectivity index (χ0) is 30.7. The molecule has 0 aliphatic carbocycles. The molecule has 0 unspecified atom stereocenters. The van der Waals surface area contributed by atoms with Gasteiger partial charge in [-0.1, -0.05) is 0 Å². The van der Waals surface area contributed by atoms with Crippen LogP contribution in [0.15, 0.2) is 68.1 Å². The molecule has 2 aromatic heterocycles. The van der Waals surface area contributed by atoms with Crippen molar-refractivity contribution >= 4 is 45.1 Å². The first kappa shape index (κ1) is 29.7. The maximum atomic E-state index is 12.9. The molecule has 0 amide bonds. The predicted octanol–water partition coefficient (Wildman–Crippen LogP) is 2.09. The van der Waals surface area contributed by atoms with Crippen molar-refractivity contribution in [1.82, 2.24) is 4.57 Å². The molecule has 2 aromatic carbocycles. The van der Waals surface area contributed by atoms with Crippen molar-refractivity contribution in [3.63, 3.8) is 0 Å². The summed E-state index contributed by atoms with van der Waals surface area (Å²) in [6, 6.07) is 11.0. The van der Waals surface area contributed by atoms with Crippen LogP contribution in [0.4, 0.5) is 5.69 Å². The van der Waals surface area contributed by atoms with Crippen molar-refractivity contribution in [2.45, 2.75) is 26.9 Å². The van der Waals surface area contributed by atoms with E-state index in [0.717, 1.165) is 11.2 Å². The molecular formula is C30H31N3O9S.